The fourth-order valence-corrected chi connectivity index (χ4v) is 0.916. The molecule has 0 radical (unpaired) electrons. The van der Waals surface area contributed by atoms with Gasteiger partial charge in [0.05, 0.1) is 0 Å². The van der Waals surface area contributed by atoms with Gasteiger partial charge in [-0.15, -0.1) is 0 Å². The summed E-state index contributed by atoms with van der Waals surface area (Å²) in [6.45, 7) is 0. The normalized spacial score (nSPS) is 11.5. The Bertz CT molecular complexity index is 144. The summed E-state index contributed by atoms with van der Waals surface area (Å²) in [6.07, 6.45) is 0. The molecule has 0 heterocycles. The SMILES string of the molecule is O=[PH](O)OP(=O)(O)O.[H+].[KH].[KH].[KH]. The Balaban J connectivity index is -0.0000000408. The van der Waals surface area contributed by atoms with Crippen molar-refractivity contribution < 1.29 is 29.5 Å². The van der Waals surface area contributed by atoms with Gasteiger partial charge in [-0.25, -0.2) is 8.88 Å². The minimum absolute atomic E-state index is 0. The van der Waals surface area contributed by atoms with Crippen LogP contribution in [0.4, 0.5) is 0 Å². The van der Waals surface area contributed by atoms with Crippen LogP contribution in [0.15, 0.2) is 0 Å². The Kier molecular flexibility index (Phi) is 30.4. The van der Waals surface area contributed by atoms with E-state index in [9.17, 15) is 9.13 Å². The third kappa shape index (κ3) is 25.5. The summed E-state index contributed by atoms with van der Waals surface area (Å²) in [5.74, 6) is 0. The van der Waals surface area contributed by atoms with Crippen LogP contribution in [0.5, 0.6) is 0 Å². The van der Waals surface area contributed by atoms with Crippen LogP contribution in [0.25, 0.3) is 0 Å². The van der Waals surface area contributed by atoms with Gasteiger partial charge in [0.1, 0.15) is 0 Å². The molecule has 11 heavy (non-hydrogen) atoms. The molecule has 6 nitrogen and oxygen atoms in total. The average Bonchev–Trinajstić information content (AvgIpc) is 1.21. The fourth-order valence-electron chi connectivity index (χ4n) is 0.102. The molecule has 0 aromatic carbocycles. The van der Waals surface area contributed by atoms with E-state index >= 15 is 0 Å². The molecule has 0 aliphatic carbocycles. The number of rotatable bonds is 2. The Hall–Kier alpha value is 5.21. The van der Waals surface area contributed by atoms with Gasteiger partial charge in [0.15, 0.2) is 0 Å². The Morgan fingerprint density at radius 1 is 1.27 bits per heavy atom. The molecule has 0 amide bonds. The minimum atomic E-state index is -4.74. The summed E-state index contributed by atoms with van der Waals surface area (Å²) in [5.41, 5.74) is 0. The van der Waals surface area contributed by atoms with E-state index in [1.54, 1.807) is 0 Å². The van der Waals surface area contributed by atoms with Crippen LogP contribution < -0.4 is 0 Å². The van der Waals surface area contributed by atoms with Crippen LogP contribution in [0.1, 0.15) is 1.43 Å². The molecule has 1 atom stereocenters. The van der Waals surface area contributed by atoms with E-state index in [0.717, 1.165) is 0 Å². The van der Waals surface area contributed by atoms with Gasteiger partial charge in [0.2, 0.25) is 0 Å². The van der Waals surface area contributed by atoms with E-state index < -0.39 is 16.1 Å². The first-order chi connectivity index (χ1) is 3.42. The van der Waals surface area contributed by atoms with Crippen molar-refractivity contribution in [2.24, 2.45) is 0 Å². The van der Waals surface area contributed by atoms with Crippen molar-refractivity contribution in [2.45, 2.75) is 0 Å². The summed E-state index contributed by atoms with van der Waals surface area (Å²) < 4.78 is 22.3. The predicted octanol–water partition coefficient (Wildman–Crippen LogP) is -2.36. The monoisotopic (exact) mass is 283 g/mol. The first-order valence-corrected chi connectivity index (χ1v) is 4.19. The van der Waals surface area contributed by atoms with E-state index in [4.69, 9.17) is 14.7 Å². The van der Waals surface area contributed by atoms with Crippen molar-refractivity contribution in [3.63, 3.8) is 0 Å². The molecule has 11 heteroatoms. The van der Waals surface area contributed by atoms with E-state index in [1.807, 2.05) is 0 Å². The molecular weight excluding hydrogens is 275 g/mol. The summed E-state index contributed by atoms with van der Waals surface area (Å²) in [7, 11) is -8.24. The molecule has 3 N–H and O–H groups in total. The maximum absolute atomic E-state index is 9.58. The molecule has 0 saturated carbocycles. The third-order valence-electron chi connectivity index (χ3n) is 0.197. The van der Waals surface area contributed by atoms with Gasteiger partial charge >= 0.3 is 172 Å². The molecule has 0 aliphatic heterocycles. The van der Waals surface area contributed by atoms with Crippen molar-refractivity contribution in [2.75, 3.05) is 0 Å². The van der Waals surface area contributed by atoms with Crippen LogP contribution in [0, 0.1) is 0 Å². The standard InChI is InChI=1S/3K.H4O6P2.3H/c;;;1-7(2)6-8(3,4)5;;;/h;;;7H,(H,1,2)(H2,3,4,5);;;/p+1. The molecule has 0 aromatic heterocycles. The Morgan fingerprint density at radius 3 is 1.55 bits per heavy atom. The second-order valence-corrected chi connectivity index (χ2v) is 3.09. The van der Waals surface area contributed by atoms with Crippen molar-refractivity contribution in [3.05, 3.63) is 0 Å². The van der Waals surface area contributed by atoms with Gasteiger partial charge in [-0.2, -0.15) is 0 Å². The number of hydrogen-bond donors (Lipinski definition) is 3. The van der Waals surface area contributed by atoms with Crippen LogP contribution in [-0.2, 0) is 13.4 Å². The fraction of sp³-hybridized carbons (Fsp3) is 0. The molecule has 0 saturated heterocycles. The zero-order chi connectivity index (χ0) is 6.78. The topological polar surface area (TPSA) is 104 Å². The van der Waals surface area contributed by atoms with Crippen molar-refractivity contribution in [1.29, 1.82) is 0 Å². The second-order valence-electron chi connectivity index (χ2n) is 0.848. The first kappa shape index (κ1) is 25.2. The molecule has 0 fully saturated rings. The van der Waals surface area contributed by atoms with Crippen LogP contribution in [0.3, 0.4) is 0 Å². The van der Waals surface area contributed by atoms with Crippen molar-refractivity contribution >= 4 is 170 Å². The summed E-state index contributed by atoms with van der Waals surface area (Å²) >= 11 is 0. The zero-order valence-electron chi connectivity index (χ0n) is 4.51. The Labute approximate surface area is 194 Å². The summed E-state index contributed by atoms with van der Waals surface area (Å²) in [5, 5.41) is 0. The number of hydrogen-bond acceptors (Lipinski definition) is 3. The predicted molar refractivity (Wildman–Crippen MR) is 46.9 cm³/mol. The van der Waals surface area contributed by atoms with Gasteiger partial charge in [-0.1, -0.05) is 0 Å². The second kappa shape index (κ2) is 13.3. The van der Waals surface area contributed by atoms with E-state index in [-0.39, 0.29) is 156 Å². The van der Waals surface area contributed by atoms with Crippen molar-refractivity contribution in [1.82, 2.24) is 0 Å². The Morgan fingerprint density at radius 2 is 1.55 bits per heavy atom. The van der Waals surface area contributed by atoms with Gasteiger partial charge in [0.25, 0.3) is 0 Å². The summed E-state index contributed by atoms with van der Waals surface area (Å²) in [6, 6.07) is 0. The van der Waals surface area contributed by atoms with Crippen LogP contribution in [-0.4, -0.2) is 169 Å². The molecule has 56 valence electrons. The quantitative estimate of drug-likeness (QED) is 0.387. The van der Waals surface area contributed by atoms with Gasteiger partial charge < -0.3 is 14.7 Å². The zero-order valence-corrected chi connectivity index (χ0v) is 5.41. The third-order valence-corrected chi connectivity index (χ3v) is 1.77. The molecule has 0 aliphatic rings. The van der Waals surface area contributed by atoms with Crippen LogP contribution >= 0.6 is 16.1 Å². The molecular formula is H8K3O6P2+. The first-order valence-electron chi connectivity index (χ1n) is 1.40. The van der Waals surface area contributed by atoms with Gasteiger partial charge in [-0.05, 0) is 0 Å². The van der Waals surface area contributed by atoms with Crippen molar-refractivity contribution in [3.8, 4) is 0 Å². The van der Waals surface area contributed by atoms with Gasteiger partial charge in [-0.3, -0.25) is 4.57 Å². The van der Waals surface area contributed by atoms with Crippen LogP contribution in [0.2, 0.25) is 0 Å². The molecule has 0 rings (SSSR count). The molecule has 0 aromatic rings. The number of phosphoric acid groups is 1. The maximum atomic E-state index is 9.58. The average molecular weight is 283 g/mol. The van der Waals surface area contributed by atoms with Gasteiger partial charge in [0, 0.05) is 0 Å². The van der Waals surface area contributed by atoms with E-state index in [2.05, 4.69) is 4.31 Å². The van der Waals surface area contributed by atoms with E-state index in [0.29, 0.717) is 0 Å². The molecule has 0 bridgehead atoms. The molecule has 0 spiro atoms. The summed E-state index contributed by atoms with van der Waals surface area (Å²) in [4.78, 5) is 23.2. The van der Waals surface area contributed by atoms with E-state index in [1.165, 1.54) is 0 Å². The molecule has 1 unspecified atom stereocenters.